The largest absolute Gasteiger partial charge is 0.325 e. The molecule has 0 aliphatic rings. The van der Waals surface area contributed by atoms with Gasteiger partial charge in [0.05, 0.1) is 10.6 Å². The minimum atomic E-state index is -0.0571. The number of thioether (sulfide) groups is 1. The van der Waals surface area contributed by atoms with Crippen molar-refractivity contribution in [3.05, 3.63) is 47.3 Å². The summed E-state index contributed by atoms with van der Waals surface area (Å²) in [6.45, 7) is 2.07. The van der Waals surface area contributed by atoms with E-state index in [0.29, 0.717) is 5.16 Å². The van der Waals surface area contributed by atoms with Crippen molar-refractivity contribution in [3.63, 3.8) is 0 Å². The molecule has 3 rings (SSSR count). The number of carbonyl (C=O) groups is 1. The second-order valence-electron chi connectivity index (χ2n) is 4.79. The third-order valence-electron chi connectivity index (χ3n) is 3.22. The van der Waals surface area contributed by atoms with Crippen molar-refractivity contribution < 1.29 is 4.79 Å². The van der Waals surface area contributed by atoms with E-state index >= 15 is 0 Å². The zero-order valence-corrected chi connectivity index (χ0v) is 14.2. The predicted octanol–water partition coefficient (Wildman–Crippen LogP) is 3.83. The van der Waals surface area contributed by atoms with Gasteiger partial charge in [-0.1, -0.05) is 43.0 Å². The summed E-state index contributed by atoms with van der Waals surface area (Å²) in [5.74, 6) is 0.956. The summed E-state index contributed by atoms with van der Waals surface area (Å²) in [4.78, 5) is 17.5. The van der Waals surface area contributed by atoms with Gasteiger partial charge >= 0.3 is 0 Å². The fourth-order valence-corrected chi connectivity index (χ4v) is 3.36. The van der Waals surface area contributed by atoms with E-state index in [-0.39, 0.29) is 11.7 Å². The Morgan fingerprint density at radius 2 is 2.17 bits per heavy atom. The summed E-state index contributed by atoms with van der Waals surface area (Å²) >= 11 is 2.92. The summed E-state index contributed by atoms with van der Waals surface area (Å²) < 4.78 is 0. The zero-order chi connectivity index (χ0) is 16.1. The standard InChI is InChI=1S/C16H16N4OS2/c1-2-11-6-3-4-7-12(11)17-14(21)10-23-16-18-15(19-20-16)13-8-5-9-22-13/h3-9H,2,10H2,1H3,(H,17,21)(H,18,19,20). The van der Waals surface area contributed by atoms with Gasteiger partial charge in [-0.25, -0.2) is 4.98 Å². The van der Waals surface area contributed by atoms with Crippen LogP contribution < -0.4 is 5.32 Å². The molecular formula is C16H16N4OS2. The molecule has 1 aromatic carbocycles. The maximum atomic E-state index is 12.1. The molecule has 0 unspecified atom stereocenters. The van der Waals surface area contributed by atoms with Gasteiger partial charge < -0.3 is 5.32 Å². The van der Waals surface area contributed by atoms with E-state index in [2.05, 4.69) is 27.4 Å². The first-order chi connectivity index (χ1) is 11.3. The van der Waals surface area contributed by atoms with Crippen LogP contribution in [0.3, 0.4) is 0 Å². The first-order valence-corrected chi connectivity index (χ1v) is 9.09. The van der Waals surface area contributed by atoms with Crippen molar-refractivity contribution in [2.24, 2.45) is 0 Å². The topological polar surface area (TPSA) is 70.7 Å². The number of anilines is 1. The van der Waals surface area contributed by atoms with E-state index in [1.165, 1.54) is 11.8 Å². The molecule has 2 heterocycles. The Kier molecular flexibility index (Phi) is 5.09. The number of nitrogens with zero attached hydrogens (tertiary/aromatic N) is 2. The molecule has 0 atom stereocenters. The van der Waals surface area contributed by atoms with Crippen LogP contribution in [-0.2, 0) is 11.2 Å². The monoisotopic (exact) mass is 344 g/mol. The smallest absolute Gasteiger partial charge is 0.234 e. The Morgan fingerprint density at radius 1 is 1.30 bits per heavy atom. The Hall–Kier alpha value is -2.12. The molecule has 1 amide bonds. The number of nitrogens with one attached hydrogen (secondary N) is 2. The quantitative estimate of drug-likeness (QED) is 0.667. The molecule has 23 heavy (non-hydrogen) atoms. The van der Waals surface area contributed by atoms with Crippen molar-refractivity contribution in [3.8, 4) is 10.7 Å². The second-order valence-corrected chi connectivity index (χ2v) is 6.68. The van der Waals surface area contributed by atoms with Crippen LogP contribution >= 0.6 is 23.1 Å². The molecule has 5 nitrogen and oxygen atoms in total. The molecule has 2 N–H and O–H groups in total. The van der Waals surface area contributed by atoms with Crippen LogP contribution in [-0.4, -0.2) is 26.8 Å². The van der Waals surface area contributed by atoms with E-state index in [9.17, 15) is 4.79 Å². The average Bonchev–Trinajstić information content (AvgIpc) is 3.24. The van der Waals surface area contributed by atoms with Gasteiger partial charge in [0.2, 0.25) is 11.1 Å². The van der Waals surface area contributed by atoms with E-state index in [1.807, 2.05) is 41.8 Å². The number of benzene rings is 1. The van der Waals surface area contributed by atoms with Gasteiger partial charge in [-0.15, -0.1) is 16.4 Å². The van der Waals surface area contributed by atoms with Gasteiger partial charge in [-0.05, 0) is 29.5 Å². The third-order valence-corrected chi connectivity index (χ3v) is 4.95. The lowest BCUT2D eigenvalue weighted by atomic mass is 10.1. The molecule has 0 saturated carbocycles. The number of aromatic amines is 1. The highest BCUT2D eigenvalue weighted by Crippen LogP contribution is 2.23. The van der Waals surface area contributed by atoms with Crippen LogP contribution in [0.25, 0.3) is 10.7 Å². The molecule has 3 aromatic rings. The predicted molar refractivity (Wildman–Crippen MR) is 94.9 cm³/mol. The van der Waals surface area contributed by atoms with Crippen LogP contribution in [0.5, 0.6) is 0 Å². The van der Waals surface area contributed by atoms with E-state index in [4.69, 9.17) is 0 Å². The number of rotatable bonds is 6. The maximum Gasteiger partial charge on any atom is 0.234 e. The minimum absolute atomic E-state index is 0.0571. The molecule has 0 bridgehead atoms. The Labute approximate surface area is 142 Å². The zero-order valence-electron chi connectivity index (χ0n) is 12.6. The summed E-state index contributed by atoms with van der Waals surface area (Å²) in [7, 11) is 0. The first-order valence-electron chi connectivity index (χ1n) is 7.23. The normalized spacial score (nSPS) is 10.7. The molecule has 0 radical (unpaired) electrons. The molecule has 2 aromatic heterocycles. The van der Waals surface area contributed by atoms with Crippen molar-refractivity contribution in [2.45, 2.75) is 18.5 Å². The summed E-state index contributed by atoms with van der Waals surface area (Å²) in [6, 6.07) is 11.8. The van der Waals surface area contributed by atoms with Gasteiger partial charge in [-0.2, -0.15) is 0 Å². The van der Waals surface area contributed by atoms with Crippen molar-refractivity contribution in [1.29, 1.82) is 0 Å². The van der Waals surface area contributed by atoms with Gasteiger partial charge in [0.15, 0.2) is 5.82 Å². The number of amides is 1. The van der Waals surface area contributed by atoms with Gasteiger partial charge in [-0.3, -0.25) is 9.89 Å². The minimum Gasteiger partial charge on any atom is -0.325 e. The van der Waals surface area contributed by atoms with Gasteiger partial charge in [0.25, 0.3) is 0 Å². The van der Waals surface area contributed by atoms with E-state index < -0.39 is 0 Å². The lowest BCUT2D eigenvalue weighted by Crippen LogP contribution is -2.15. The SMILES string of the molecule is CCc1ccccc1NC(=O)CSc1n[nH]c(-c2cccs2)n1. The highest BCUT2D eigenvalue weighted by molar-refractivity contribution is 7.99. The number of aryl methyl sites for hydroxylation is 1. The summed E-state index contributed by atoms with van der Waals surface area (Å²) in [5.41, 5.74) is 2.00. The fraction of sp³-hybridized carbons (Fsp3) is 0.188. The highest BCUT2D eigenvalue weighted by Gasteiger charge is 2.10. The number of hydrogen-bond donors (Lipinski definition) is 2. The van der Waals surface area contributed by atoms with Crippen molar-refractivity contribution >= 4 is 34.7 Å². The number of hydrogen-bond acceptors (Lipinski definition) is 5. The summed E-state index contributed by atoms with van der Waals surface area (Å²) in [6.07, 6.45) is 0.884. The van der Waals surface area contributed by atoms with Crippen molar-refractivity contribution in [2.75, 3.05) is 11.1 Å². The molecule has 0 saturated heterocycles. The summed E-state index contributed by atoms with van der Waals surface area (Å²) in [5, 5.41) is 12.5. The molecule has 0 fully saturated rings. The molecule has 0 spiro atoms. The molecular weight excluding hydrogens is 328 g/mol. The average molecular weight is 344 g/mol. The van der Waals surface area contributed by atoms with Crippen LogP contribution in [0.2, 0.25) is 0 Å². The Morgan fingerprint density at radius 3 is 2.96 bits per heavy atom. The van der Waals surface area contributed by atoms with Crippen LogP contribution in [0.15, 0.2) is 46.9 Å². The molecule has 0 aliphatic carbocycles. The number of aromatic nitrogens is 3. The lowest BCUT2D eigenvalue weighted by molar-refractivity contribution is -0.113. The first kappa shape index (κ1) is 15.8. The van der Waals surface area contributed by atoms with E-state index in [1.54, 1.807) is 11.3 Å². The number of H-pyrrole nitrogens is 1. The molecule has 118 valence electrons. The number of thiophene rings is 1. The fourth-order valence-electron chi connectivity index (χ4n) is 2.10. The van der Waals surface area contributed by atoms with E-state index in [0.717, 1.165) is 28.4 Å². The Balaban J connectivity index is 1.57. The second kappa shape index (κ2) is 7.43. The van der Waals surface area contributed by atoms with Gasteiger partial charge in [0, 0.05) is 5.69 Å². The Bertz CT molecular complexity index is 783. The third kappa shape index (κ3) is 4.00. The van der Waals surface area contributed by atoms with Crippen molar-refractivity contribution in [1.82, 2.24) is 15.2 Å². The highest BCUT2D eigenvalue weighted by atomic mass is 32.2. The molecule has 0 aliphatic heterocycles. The number of para-hydroxylation sites is 1. The van der Waals surface area contributed by atoms with Gasteiger partial charge in [0.1, 0.15) is 0 Å². The van der Waals surface area contributed by atoms with Crippen LogP contribution in [0.4, 0.5) is 5.69 Å². The molecule has 7 heteroatoms. The lowest BCUT2D eigenvalue weighted by Gasteiger charge is -2.08. The maximum absolute atomic E-state index is 12.1. The van der Waals surface area contributed by atoms with Crippen LogP contribution in [0.1, 0.15) is 12.5 Å². The van der Waals surface area contributed by atoms with Crippen LogP contribution in [0, 0.1) is 0 Å². The number of carbonyl (C=O) groups excluding carboxylic acids is 1.